The van der Waals surface area contributed by atoms with Crippen LogP contribution in [-0.2, 0) is 117 Å². The van der Waals surface area contributed by atoms with E-state index < -0.39 is 323 Å². The van der Waals surface area contributed by atoms with E-state index in [2.05, 4.69) is 95.7 Å². The Morgan fingerprint density at radius 3 is 1.20 bits per heavy atom. The first-order valence-electron chi connectivity index (χ1n) is 38.8. The Morgan fingerprint density at radius 1 is 0.352 bits per heavy atom. The number of carboxylic acid groups (broad SMARTS) is 3. The van der Waals surface area contributed by atoms with Gasteiger partial charge in [0.25, 0.3) is 0 Å². The maximum Gasteiger partial charge on any atom is 0.305 e. The van der Waals surface area contributed by atoms with Gasteiger partial charge in [-0.1, -0.05) is 92.1 Å². The minimum absolute atomic E-state index is 0.00813. The number of carboxylic acids is 3. The third kappa shape index (κ3) is 42.6. The van der Waals surface area contributed by atoms with Crippen molar-refractivity contribution in [1.82, 2.24) is 95.7 Å². The Balaban J connectivity index is 3.28. The molecule has 0 fully saturated rings. The first kappa shape index (κ1) is 107. The van der Waals surface area contributed by atoms with Crippen LogP contribution in [0, 0.1) is 23.7 Å². The molecular formula is C74H116N20O28. The quantitative estimate of drug-likeness (QED) is 0.0288. The fourth-order valence-electron chi connectivity index (χ4n) is 11.0. The van der Waals surface area contributed by atoms with E-state index in [1.54, 1.807) is 45.9 Å². The standard InChI is InChI=1S/C74H116N20O28/c1-12-37(8)61(71(119)81-29-52(101)78-28-51(100)77-27-50(76)99)93-69(117)45(24-34(2)3)86-54(103)31-82-72(120)62(39(10)96)94-70(118)48(33-95)90-73(121)60(36(6)7)92-74(122)59(35(4)5)91-55(104)32-79-63(111)38(9)83-68(116)46(25-41-16-14-13-15-17-41)89-67(115)44(20-23-57(107)108)88-66(114)43(19-22-56(105)106)87-65(113)42(18-21-49(75)98)85-53(102)30-80-64(112)47(26-58(109)110)84-40(11)97/h13-17,34-39,42-48,59-62,95-96H,12,18-33H2,1-11H3,(H2,75,98)(H2,76,99)(H,77,100)(H,78,101)(H,79,111)(H,80,112)(H,81,119)(H,82,120)(H,83,116)(H,84,97)(H,85,102)(H,86,103)(H,87,113)(H,88,114)(H,89,115)(H,90,121)(H,91,104)(H,92,122)(H,93,117)(H,94,118)(H,105,106)(H,107,108)(H,109,110)/t37-,38-,39+,42-,43-,44-,45-,46-,47-,48-,59-,60-,61-,62-/m0/s1. The van der Waals surface area contributed by atoms with Crippen LogP contribution in [-0.4, -0.2) is 286 Å². The van der Waals surface area contributed by atoms with E-state index >= 15 is 0 Å². The first-order valence-corrected chi connectivity index (χ1v) is 38.8. The summed E-state index contributed by atoms with van der Waals surface area (Å²) in [6.07, 6.45) is -6.88. The van der Waals surface area contributed by atoms with Gasteiger partial charge < -0.3 is 133 Å². The molecule has 1 aromatic rings. The van der Waals surface area contributed by atoms with Gasteiger partial charge in [-0.2, -0.15) is 0 Å². The second-order valence-corrected chi connectivity index (χ2v) is 29.4. The SMILES string of the molecule is CC[C@H](C)[C@H](NC(=O)[C@H](CC(C)C)NC(=O)CNC(=O)[C@@H](NC(=O)[C@H](CO)NC(=O)[C@@H](NC(=O)[C@@H](NC(=O)CNC(=O)[C@H](C)NC(=O)[C@H](Cc1ccccc1)NC(=O)[C@H](CCC(=O)O)NC(=O)[C@H](CCC(=O)O)NC(=O)[C@H](CCC(N)=O)NC(=O)CNC(=O)[C@H](CC(=O)O)NC(C)=O)C(C)C)C(C)C)[C@@H](C)O)C(=O)NCC(=O)NCC(=O)NCC(N)=O. The maximum atomic E-state index is 14.3. The summed E-state index contributed by atoms with van der Waals surface area (Å²) in [6, 6.07) is -11.9. The van der Waals surface area contributed by atoms with Crippen molar-refractivity contribution >= 4 is 136 Å². The van der Waals surface area contributed by atoms with Gasteiger partial charge in [0.15, 0.2) is 0 Å². The zero-order valence-electron chi connectivity index (χ0n) is 69.5. The van der Waals surface area contributed by atoms with Gasteiger partial charge in [0.05, 0.1) is 58.4 Å². The number of aliphatic hydroxyl groups is 2. The predicted molar refractivity (Wildman–Crippen MR) is 424 cm³/mol. The molecule has 0 aliphatic heterocycles. The molecule has 680 valence electrons. The van der Waals surface area contributed by atoms with E-state index in [9.17, 15) is 136 Å². The monoisotopic (exact) mass is 1730 g/mol. The van der Waals surface area contributed by atoms with Gasteiger partial charge in [0, 0.05) is 32.6 Å². The largest absolute Gasteiger partial charge is 0.481 e. The highest BCUT2D eigenvalue weighted by atomic mass is 16.4. The van der Waals surface area contributed by atoms with Crippen molar-refractivity contribution in [2.75, 3.05) is 45.9 Å². The normalized spacial score (nSPS) is 14.4. The number of aliphatic carboxylic acids is 3. The molecular weight excluding hydrogens is 1620 g/mol. The lowest BCUT2D eigenvalue weighted by Crippen LogP contribution is -2.62. The average molecular weight is 1730 g/mol. The molecule has 0 saturated heterocycles. The van der Waals surface area contributed by atoms with E-state index in [1.165, 1.54) is 46.8 Å². The fraction of sp³-hybridized carbons (Fsp3) is 0.608. The van der Waals surface area contributed by atoms with Gasteiger partial charge in [-0.05, 0) is 68.8 Å². The van der Waals surface area contributed by atoms with E-state index in [4.69, 9.17) is 11.5 Å². The number of carbonyl (C=O) groups is 23. The van der Waals surface area contributed by atoms with Crippen molar-refractivity contribution in [3.63, 3.8) is 0 Å². The van der Waals surface area contributed by atoms with Crippen molar-refractivity contribution in [2.24, 2.45) is 35.1 Å². The van der Waals surface area contributed by atoms with Crippen molar-refractivity contribution in [1.29, 1.82) is 0 Å². The van der Waals surface area contributed by atoms with Crippen LogP contribution in [0.2, 0.25) is 0 Å². The number of rotatable bonds is 57. The molecule has 48 heteroatoms. The van der Waals surface area contributed by atoms with Crippen molar-refractivity contribution in [3.05, 3.63) is 35.9 Å². The molecule has 0 saturated carbocycles. The molecule has 0 aromatic heterocycles. The van der Waals surface area contributed by atoms with E-state index in [-0.39, 0.29) is 18.8 Å². The van der Waals surface area contributed by atoms with E-state index in [0.717, 1.165) is 13.8 Å². The van der Waals surface area contributed by atoms with Crippen LogP contribution in [0.1, 0.15) is 140 Å². The topological polar surface area (TPSA) is 762 Å². The number of hydrogen-bond acceptors (Lipinski definition) is 25. The van der Waals surface area contributed by atoms with Crippen molar-refractivity contribution in [2.45, 2.75) is 219 Å². The molecule has 0 aliphatic carbocycles. The second kappa shape index (κ2) is 54.9. The molecule has 0 spiro atoms. The lowest BCUT2D eigenvalue weighted by Gasteiger charge is -2.29. The maximum absolute atomic E-state index is 14.3. The molecule has 1 rings (SSSR count). The Labute approximate surface area is 701 Å². The van der Waals surface area contributed by atoms with E-state index in [0.29, 0.717) is 12.0 Å². The molecule has 0 heterocycles. The van der Waals surface area contributed by atoms with Crippen LogP contribution in [0.5, 0.6) is 0 Å². The van der Waals surface area contributed by atoms with Crippen LogP contribution in [0.25, 0.3) is 0 Å². The summed E-state index contributed by atoms with van der Waals surface area (Å²) in [4.78, 5) is 298. The second-order valence-electron chi connectivity index (χ2n) is 29.4. The number of nitrogens with two attached hydrogens (primary N) is 2. The van der Waals surface area contributed by atoms with Gasteiger partial charge in [-0.3, -0.25) is 110 Å². The summed E-state index contributed by atoms with van der Waals surface area (Å²) in [5.74, 6) is -27.2. The Morgan fingerprint density at radius 2 is 0.738 bits per heavy atom. The Hall–Kier alpha value is -13.0. The van der Waals surface area contributed by atoms with Gasteiger partial charge >= 0.3 is 17.9 Å². The molecule has 14 atom stereocenters. The number of carbonyl (C=O) groups excluding carboxylic acids is 20. The minimum atomic E-state index is -1.92. The highest BCUT2D eigenvalue weighted by Crippen LogP contribution is 2.14. The minimum Gasteiger partial charge on any atom is -0.481 e. The predicted octanol–water partition coefficient (Wildman–Crippen LogP) is -10.5. The lowest BCUT2D eigenvalue weighted by atomic mass is 9.96. The van der Waals surface area contributed by atoms with Gasteiger partial charge in [-0.15, -0.1) is 0 Å². The van der Waals surface area contributed by atoms with Crippen LogP contribution < -0.4 is 107 Å². The molecule has 0 aliphatic rings. The lowest BCUT2D eigenvalue weighted by molar-refractivity contribution is -0.141. The summed E-state index contributed by atoms with van der Waals surface area (Å²) in [5, 5.41) is 90.7. The number of nitrogens with one attached hydrogen (secondary N) is 18. The van der Waals surface area contributed by atoms with Crippen LogP contribution >= 0.6 is 0 Å². The summed E-state index contributed by atoms with van der Waals surface area (Å²) >= 11 is 0. The van der Waals surface area contributed by atoms with Crippen LogP contribution in [0.3, 0.4) is 0 Å². The van der Waals surface area contributed by atoms with Gasteiger partial charge in [0.1, 0.15) is 72.5 Å². The fourth-order valence-corrected chi connectivity index (χ4v) is 11.0. The molecule has 0 bridgehead atoms. The number of aliphatic hydroxyl groups excluding tert-OH is 2. The Kier molecular flexibility index (Phi) is 48.1. The number of amides is 20. The van der Waals surface area contributed by atoms with Crippen molar-refractivity contribution in [3.8, 4) is 0 Å². The first-order chi connectivity index (χ1) is 57.0. The summed E-state index contributed by atoms with van der Waals surface area (Å²) in [5.41, 5.74) is 10.7. The third-order valence-electron chi connectivity index (χ3n) is 17.8. The third-order valence-corrected chi connectivity index (χ3v) is 17.8. The summed E-state index contributed by atoms with van der Waals surface area (Å²) < 4.78 is 0. The van der Waals surface area contributed by atoms with E-state index in [1.807, 2.05) is 0 Å². The molecule has 27 N–H and O–H groups in total. The Bertz CT molecular complexity index is 3870. The average Bonchev–Trinajstić information content (AvgIpc) is 0.856. The molecule has 1 aromatic carbocycles. The highest BCUT2D eigenvalue weighted by molar-refractivity contribution is 6.01. The number of hydrogen-bond donors (Lipinski definition) is 25. The smallest absolute Gasteiger partial charge is 0.305 e. The van der Waals surface area contributed by atoms with Crippen LogP contribution in [0.4, 0.5) is 0 Å². The molecule has 0 unspecified atom stereocenters. The highest BCUT2D eigenvalue weighted by Gasteiger charge is 2.39. The summed E-state index contributed by atoms with van der Waals surface area (Å²) in [7, 11) is 0. The zero-order valence-corrected chi connectivity index (χ0v) is 69.5. The zero-order chi connectivity index (χ0) is 93.0. The molecule has 48 nitrogen and oxygen atoms in total. The van der Waals surface area contributed by atoms with Crippen LogP contribution in [0.15, 0.2) is 30.3 Å². The van der Waals surface area contributed by atoms with Crippen molar-refractivity contribution < 1.29 is 136 Å². The molecule has 122 heavy (non-hydrogen) atoms. The summed E-state index contributed by atoms with van der Waals surface area (Å²) in [6.45, 7) is 10.6. The van der Waals surface area contributed by atoms with Gasteiger partial charge in [0.2, 0.25) is 118 Å². The number of benzene rings is 1. The number of primary amides is 2. The molecule has 0 radical (unpaired) electrons. The molecule has 20 amide bonds. The van der Waals surface area contributed by atoms with Gasteiger partial charge in [-0.25, -0.2) is 0 Å².